The molecule has 0 unspecified atom stereocenters. The zero-order valence-corrected chi connectivity index (χ0v) is 16.8. The normalized spacial score (nSPS) is 15.8. The SMILES string of the molecule is COc1cc(/C=C2\C(=O)NC(=O)N(c3ccc(C(C)C)cc3)C2=O)cc(Cl)c1O. The number of benzene rings is 2. The van der Waals surface area contributed by atoms with E-state index in [9.17, 15) is 19.5 Å². The number of carbonyl (C=O) groups excluding carboxylic acids is 3. The van der Waals surface area contributed by atoms with E-state index in [2.05, 4.69) is 5.32 Å². The van der Waals surface area contributed by atoms with Gasteiger partial charge in [0.25, 0.3) is 11.8 Å². The standard InChI is InChI=1S/C21H19ClN2O5/c1-11(2)13-4-6-14(7-5-13)24-20(27)15(19(26)23-21(24)28)8-12-9-16(22)18(25)17(10-12)29-3/h4-11,25H,1-3H3,(H,23,26,28)/b15-8+. The molecule has 29 heavy (non-hydrogen) atoms. The minimum atomic E-state index is -0.823. The summed E-state index contributed by atoms with van der Waals surface area (Å²) in [6.45, 7) is 4.06. The van der Waals surface area contributed by atoms with E-state index in [1.165, 1.54) is 25.3 Å². The van der Waals surface area contributed by atoms with Crippen molar-refractivity contribution in [2.45, 2.75) is 19.8 Å². The van der Waals surface area contributed by atoms with Crippen molar-refractivity contribution in [2.24, 2.45) is 0 Å². The minimum Gasteiger partial charge on any atom is -0.503 e. The Labute approximate surface area is 172 Å². The number of rotatable bonds is 4. The first-order chi connectivity index (χ1) is 13.7. The van der Waals surface area contributed by atoms with E-state index >= 15 is 0 Å². The fourth-order valence-corrected chi connectivity index (χ4v) is 3.12. The minimum absolute atomic E-state index is 0.00271. The number of anilines is 1. The molecule has 0 spiro atoms. The molecule has 8 heteroatoms. The molecule has 1 fully saturated rings. The molecule has 0 radical (unpaired) electrons. The van der Waals surface area contributed by atoms with Crippen molar-refractivity contribution in [2.75, 3.05) is 12.0 Å². The molecule has 1 saturated heterocycles. The van der Waals surface area contributed by atoms with Crippen LogP contribution in [0, 0.1) is 0 Å². The van der Waals surface area contributed by atoms with Gasteiger partial charge in [-0.25, -0.2) is 9.69 Å². The molecule has 7 nitrogen and oxygen atoms in total. The lowest BCUT2D eigenvalue weighted by Crippen LogP contribution is -2.54. The van der Waals surface area contributed by atoms with Gasteiger partial charge in [0.05, 0.1) is 17.8 Å². The Morgan fingerprint density at radius 1 is 1.14 bits per heavy atom. The average molecular weight is 415 g/mol. The lowest BCUT2D eigenvalue weighted by Gasteiger charge is -2.26. The third-order valence-corrected chi connectivity index (χ3v) is 4.79. The van der Waals surface area contributed by atoms with Gasteiger partial charge in [-0.05, 0) is 47.4 Å². The first-order valence-electron chi connectivity index (χ1n) is 8.80. The molecule has 0 aromatic heterocycles. The van der Waals surface area contributed by atoms with E-state index in [-0.39, 0.29) is 22.1 Å². The van der Waals surface area contributed by atoms with E-state index in [1.807, 2.05) is 26.0 Å². The molecule has 150 valence electrons. The molecule has 4 amide bonds. The van der Waals surface area contributed by atoms with Crippen LogP contribution in [0.3, 0.4) is 0 Å². The highest BCUT2D eigenvalue weighted by molar-refractivity contribution is 6.39. The van der Waals surface area contributed by atoms with Crippen LogP contribution >= 0.6 is 11.6 Å². The molecule has 0 saturated carbocycles. The summed E-state index contributed by atoms with van der Waals surface area (Å²) in [5.41, 5.74) is 1.50. The highest BCUT2D eigenvalue weighted by Gasteiger charge is 2.36. The highest BCUT2D eigenvalue weighted by atomic mass is 35.5. The van der Waals surface area contributed by atoms with Gasteiger partial charge < -0.3 is 9.84 Å². The van der Waals surface area contributed by atoms with Crippen LogP contribution in [0.25, 0.3) is 6.08 Å². The molecule has 0 bridgehead atoms. The van der Waals surface area contributed by atoms with Gasteiger partial charge in [0.1, 0.15) is 5.57 Å². The Morgan fingerprint density at radius 3 is 2.38 bits per heavy atom. The maximum absolute atomic E-state index is 12.9. The second-order valence-corrected chi connectivity index (χ2v) is 7.16. The van der Waals surface area contributed by atoms with E-state index < -0.39 is 17.8 Å². The predicted molar refractivity (Wildman–Crippen MR) is 109 cm³/mol. The molecule has 0 atom stereocenters. The Balaban J connectivity index is 2.01. The van der Waals surface area contributed by atoms with E-state index in [0.29, 0.717) is 17.2 Å². The average Bonchev–Trinajstić information content (AvgIpc) is 2.68. The number of phenolic OH excluding ortho intramolecular Hbond substituents is 1. The Hall–Kier alpha value is -3.32. The van der Waals surface area contributed by atoms with E-state index in [4.69, 9.17) is 16.3 Å². The number of urea groups is 1. The molecular formula is C21H19ClN2O5. The smallest absolute Gasteiger partial charge is 0.335 e. The van der Waals surface area contributed by atoms with Crippen molar-refractivity contribution in [3.63, 3.8) is 0 Å². The van der Waals surface area contributed by atoms with Crippen molar-refractivity contribution >= 4 is 41.2 Å². The van der Waals surface area contributed by atoms with Crippen molar-refractivity contribution in [1.82, 2.24) is 5.32 Å². The topological polar surface area (TPSA) is 95.9 Å². The number of carbonyl (C=O) groups is 3. The van der Waals surface area contributed by atoms with Crippen LogP contribution in [-0.4, -0.2) is 30.1 Å². The summed E-state index contributed by atoms with van der Waals surface area (Å²) in [5, 5.41) is 12.0. The van der Waals surface area contributed by atoms with Crippen molar-refractivity contribution in [1.29, 1.82) is 0 Å². The number of phenols is 1. The number of nitrogens with zero attached hydrogens (tertiary/aromatic N) is 1. The Morgan fingerprint density at radius 2 is 1.79 bits per heavy atom. The summed E-state index contributed by atoms with van der Waals surface area (Å²) >= 11 is 5.97. The first kappa shape index (κ1) is 20.4. The van der Waals surface area contributed by atoms with Gasteiger partial charge in [0, 0.05) is 0 Å². The van der Waals surface area contributed by atoms with Gasteiger partial charge in [0.15, 0.2) is 11.5 Å². The summed E-state index contributed by atoms with van der Waals surface area (Å²) in [5.74, 6) is -1.46. The van der Waals surface area contributed by atoms with Gasteiger partial charge in [-0.2, -0.15) is 0 Å². The zero-order chi connectivity index (χ0) is 21.3. The number of halogens is 1. The van der Waals surface area contributed by atoms with Gasteiger partial charge in [-0.15, -0.1) is 0 Å². The number of barbiturate groups is 1. The molecule has 1 heterocycles. The molecule has 1 aliphatic rings. The summed E-state index contributed by atoms with van der Waals surface area (Å²) in [7, 11) is 1.35. The van der Waals surface area contributed by atoms with Gasteiger partial charge in [-0.3, -0.25) is 14.9 Å². The number of aromatic hydroxyl groups is 1. The van der Waals surface area contributed by atoms with Crippen LogP contribution < -0.4 is 15.0 Å². The molecule has 0 aliphatic carbocycles. The van der Waals surface area contributed by atoms with Crippen LogP contribution in [0.15, 0.2) is 42.0 Å². The van der Waals surface area contributed by atoms with Gasteiger partial charge in [-0.1, -0.05) is 37.6 Å². The zero-order valence-electron chi connectivity index (χ0n) is 16.0. The quantitative estimate of drug-likeness (QED) is 0.585. The van der Waals surface area contributed by atoms with Crippen LogP contribution in [0.2, 0.25) is 5.02 Å². The van der Waals surface area contributed by atoms with Crippen molar-refractivity contribution in [3.05, 3.63) is 58.1 Å². The maximum atomic E-state index is 12.9. The third-order valence-electron chi connectivity index (χ3n) is 4.50. The summed E-state index contributed by atoms with van der Waals surface area (Å²) < 4.78 is 5.03. The van der Waals surface area contributed by atoms with Crippen molar-refractivity contribution < 1.29 is 24.2 Å². The second kappa shape index (κ2) is 7.97. The van der Waals surface area contributed by atoms with E-state index in [1.54, 1.807) is 12.1 Å². The second-order valence-electron chi connectivity index (χ2n) is 6.76. The monoisotopic (exact) mass is 414 g/mol. The van der Waals surface area contributed by atoms with Gasteiger partial charge in [0.2, 0.25) is 0 Å². The van der Waals surface area contributed by atoms with Crippen LogP contribution in [-0.2, 0) is 9.59 Å². The number of hydrogen-bond acceptors (Lipinski definition) is 5. The molecule has 2 aromatic carbocycles. The third kappa shape index (κ3) is 3.95. The Kier molecular flexibility index (Phi) is 5.61. The maximum Gasteiger partial charge on any atom is 0.335 e. The van der Waals surface area contributed by atoms with E-state index in [0.717, 1.165) is 10.5 Å². The van der Waals surface area contributed by atoms with Crippen LogP contribution in [0.1, 0.15) is 30.9 Å². The Bertz CT molecular complexity index is 1030. The number of nitrogens with one attached hydrogen (secondary N) is 1. The lowest BCUT2D eigenvalue weighted by atomic mass is 10.0. The fraction of sp³-hybridized carbons (Fsp3) is 0.190. The number of hydrogen-bond donors (Lipinski definition) is 2. The summed E-state index contributed by atoms with van der Waals surface area (Å²) in [6, 6.07) is 8.94. The first-order valence-corrected chi connectivity index (χ1v) is 9.18. The molecule has 3 rings (SSSR count). The predicted octanol–water partition coefficient (Wildman–Crippen LogP) is 3.84. The molecule has 1 aliphatic heterocycles. The lowest BCUT2D eigenvalue weighted by molar-refractivity contribution is -0.122. The van der Waals surface area contributed by atoms with Crippen LogP contribution in [0.5, 0.6) is 11.5 Å². The number of ether oxygens (including phenoxy) is 1. The highest BCUT2D eigenvalue weighted by Crippen LogP contribution is 2.36. The van der Waals surface area contributed by atoms with Crippen LogP contribution in [0.4, 0.5) is 10.5 Å². The molecular weight excluding hydrogens is 396 g/mol. The summed E-state index contributed by atoms with van der Waals surface area (Å²) in [6.07, 6.45) is 1.29. The summed E-state index contributed by atoms with van der Waals surface area (Å²) in [4.78, 5) is 38.4. The number of amides is 4. The number of imide groups is 2. The largest absolute Gasteiger partial charge is 0.503 e. The van der Waals surface area contributed by atoms with Crippen molar-refractivity contribution in [3.8, 4) is 11.5 Å². The number of methoxy groups -OCH3 is 1. The molecule has 2 aromatic rings. The van der Waals surface area contributed by atoms with Gasteiger partial charge >= 0.3 is 6.03 Å². The molecule has 2 N–H and O–H groups in total. The fourth-order valence-electron chi connectivity index (χ4n) is 2.90.